The van der Waals surface area contributed by atoms with Crippen LogP contribution < -0.4 is 0 Å². The molecule has 3 heteroatoms. The Bertz CT molecular complexity index is 272. The summed E-state index contributed by atoms with van der Waals surface area (Å²) in [4.78, 5) is 16.4. The van der Waals surface area contributed by atoms with Gasteiger partial charge in [0.05, 0.1) is 0 Å². The lowest BCUT2D eigenvalue weighted by molar-refractivity contribution is -0.126. The highest BCUT2D eigenvalue weighted by molar-refractivity contribution is 5.87. The molecule has 1 amide bonds. The number of hydrogen-bond donors (Lipinski definition) is 0. The summed E-state index contributed by atoms with van der Waals surface area (Å²) < 4.78 is 0. The van der Waals surface area contributed by atoms with Crippen LogP contribution in [0.4, 0.5) is 0 Å². The van der Waals surface area contributed by atoms with Crippen LogP contribution in [-0.4, -0.2) is 48.4 Å². The number of carbonyl (C=O) groups excluding carboxylic acids is 1. The van der Waals surface area contributed by atoms with E-state index in [0.29, 0.717) is 0 Å². The molecule has 0 aliphatic carbocycles. The van der Waals surface area contributed by atoms with Gasteiger partial charge in [-0.2, -0.15) is 0 Å². The minimum Gasteiger partial charge on any atom is -0.338 e. The summed E-state index contributed by atoms with van der Waals surface area (Å²) in [5, 5.41) is 0. The zero-order valence-corrected chi connectivity index (χ0v) is 14.7. The van der Waals surface area contributed by atoms with Gasteiger partial charge in [-0.25, -0.2) is 0 Å². The van der Waals surface area contributed by atoms with Crippen molar-refractivity contribution in [2.45, 2.75) is 66.2 Å². The molecule has 0 aromatic heterocycles. The third kappa shape index (κ3) is 10.5. The molecule has 0 aliphatic heterocycles. The Labute approximate surface area is 132 Å². The molecule has 0 N–H and O–H groups in total. The SMILES string of the molecule is CCCCCCCC=CC(=O)N(CC)CCN(CC)CC. The molecule has 0 saturated carbocycles. The molecule has 0 aromatic rings. The van der Waals surface area contributed by atoms with E-state index >= 15 is 0 Å². The van der Waals surface area contributed by atoms with Crippen molar-refractivity contribution < 1.29 is 4.79 Å². The molecule has 0 atom stereocenters. The largest absolute Gasteiger partial charge is 0.338 e. The maximum Gasteiger partial charge on any atom is 0.246 e. The fourth-order valence-electron chi connectivity index (χ4n) is 2.38. The average molecular weight is 296 g/mol. The predicted octanol–water partition coefficient (Wildman–Crippen LogP) is 4.09. The molecule has 0 fully saturated rings. The highest BCUT2D eigenvalue weighted by Gasteiger charge is 2.09. The van der Waals surface area contributed by atoms with Gasteiger partial charge in [-0.1, -0.05) is 52.5 Å². The van der Waals surface area contributed by atoms with Gasteiger partial charge >= 0.3 is 0 Å². The van der Waals surface area contributed by atoms with Crippen LogP contribution in [0.1, 0.15) is 66.2 Å². The second-order valence-corrected chi connectivity index (χ2v) is 5.55. The van der Waals surface area contributed by atoms with Crippen molar-refractivity contribution in [1.29, 1.82) is 0 Å². The standard InChI is InChI=1S/C18H36N2O/c1-5-9-10-11-12-13-14-15-18(21)20(8-4)17-16-19(6-2)7-3/h14-15H,5-13,16-17H2,1-4H3. The Hall–Kier alpha value is -0.830. The lowest BCUT2D eigenvalue weighted by atomic mass is 10.1. The average Bonchev–Trinajstić information content (AvgIpc) is 2.50. The molecule has 0 aliphatic rings. The molecule has 3 nitrogen and oxygen atoms in total. The van der Waals surface area contributed by atoms with Gasteiger partial charge in [-0.05, 0) is 38.9 Å². The lowest BCUT2D eigenvalue weighted by Gasteiger charge is -2.24. The molecular weight excluding hydrogens is 260 g/mol. The maximum absolute atomic E-state index is 12.1. The Balaban J connectivity index is 3.92. The molecule has 0 radical (unpaired) electrons. The number of allylic oxidation sites excluding steroid dienone is 1. The van der Waals surface area contributed by atoms with Crippen LogP contribution in [0.25, 0.3) is 0 Å². The number of rotatable bonds is 13. The summed E-state index contributed by atoms with van der Waals surface area (Å²) >= 11 is 0. The monoisotopic (exact) mass is 296 g/mol. The van der Waals surface area contributed by atoms with Gasteiger partial charge in [-0.15, -0.1) is 0 Å². The quantitative estimate of drug-likeness (QED) is 0.377. The van der Waals surface area contributed by atoms with E-state index in [9.17, 15) is 4.79 Å². The molecule has 0 bridgehead atoms. The van der Waals surface area contributed by atoms with Gasteiger partial charge in [0.1, 0.15) is 0 Å². The van der Waals surface area contributed by atoms with Crippen LogP contribution in [0, 0.1) is 0 Å². The van der Waals surface area contributed by atoms with Crippen molar-refractivity contribution in [2.75, 3.05) is 32.7 Å². The van der Waals surface area contributed by atoms with E-state index < -0.39 is 0 Å². The van der Waals surface area contributed by atoms with Crippen molar-refractivity contribution >= 4 is 5.91 Å². The lowest BCUT2D eigenvalue weighted by Crippen LogP contribution is -2.37. The third-order valence-corrected chi connectivity index (χ3v) is 4.01. The van der Waals surface area contributed by atoms with E-state index in [1.54, 1.807) is 6.08 Å². The van der Waals surface area contributed by atoms with E-state index in [4.69, 9.17) is 0 Å². The first-order valence-electron chi connectivity index (χ1n) is 8.87. The van der Waals surface area contributed by atoms with Crippen molar-refractivity contribution in [3.63, 3.8) is 0 Å². The molecule has 0 saturated heterocycles. The number of hydrogen-bond acceptors (Lipinski definition) is 2. The zero-order chi connectivity index (χ0) is 15.9. The highest BCUT2D eigenvalue weighted by Crippen LogP contribution is 2.05. The van der Waals surface area contributed by atoms with Gasteiger partial charge < -0.3 is 9.80 Å². The zero-order valence-electron chi connectivity index (χ0n) is 14.7. The van der Waals surface area contributed by atoms with E-state index in [2.05, 4.69) is 32.6 Å². The van der Waals surface area contributed by atoms with Crippen molar-refractivity contribution in [3.05, 3.63) is 12.2 Å². The maximum atomic E-state index is 12.1. The number of carbonyl (C=O) groups is 1. The van der Waals surface area contributed by atoms with Gasteiger partial charge in [0.2, 0.25) is 5.91 Å². The second kappa shape index (κ2) is 14.1. The van der Waals surface area contributed by atoms with Crippen LogP contribution in [0.3, 0.4) is 0 Å². The Kier molecular flexibility index (Phi) is 13.6. The second-order valence-electron chi connectivity index (χ2n) is 5.55. The molecule has 0 aromatic carbocycles. The molecule has 0 unspecified atom stereocenters. The van der Waals surface area contributed by atoms with Crippen LogP contribution in [0.2, 0.25) is 0 Å². The number of amides is 1. The number of likely N-dealkylation sites (N-methyl/N-ethyl adjacent to an activating group) is 2. The fourth-order valence-corrected chi connectivity index (χ4v) is 2.38. The van der Waals surface area contributed by atoms with Crippen LogP contribution >= 0.6 is 0 Å². The van der Waals surface area contributed by atoms with E-state index in [-0.39, 0.29) is 5.91 Å². The summed E-state index contributed by atoms with van der Waals surface area (Å²) in [5.74, 6) is 0.165. The summed E-state index contributed by atoms with van der Waals surface area (Å²) in [6, 6.07) is 0. The van der Waals surface area contributed by atoms with Crippen LogP contribution in [0.5, 0.6) is 0 Å². The summed E-state index contributed by atoms with van der Waals surface area (Å²) in [6.07, 6.45) is 11.3. The topological polar surface area (TPSA) is 23.6 Å². The first-order chi connectivity index (χ1) is 10.2. The Morgan fingerprint density at radius 2 is 1.52 bits per heavy atom. The number of nitrogens with zero attached hydrogens (tertiary/aromatic N) is 2. The number of unbranched alkanes of at least 4 members (excludes halogenated alkanes) is 5. The Morgan fingerprint density at radius 3 is 2.10 bits per heavy atom. The molecule has 0 rings (SSSR count). The first kappa shape index (κ1) is 20.2. The molecule has 124 valence electrons. The van der Waals surface area contributed by atoms with Crippen molar-refractivity contribution in [2.24, 2.45) is 0 Å². The summed E-state index contributed by atoms with van der Waals surface area (Å²) in [5.41, 5.74) is 0. The minimum atomic E-state index is 0.165. The third-order valence-electron chi connectivity index (χ3n) is 4.01. The smallest absolute Gasteiger partial charge is 0.246 e. The predicted molar refractivity (Wildman–Crippen MR) is 92.6 cm³/mol. The molecule has 21 heavy (non-hydrogen) atoms. The van der Waals surface area contributed by atoms with Gasteiger partial charge in [0.25, 0.3) is 0 Å². The minimum absolute atomic E-state index is 0.165. The van der Waals surface area contributed by atoms with Crippen molar-refractivity contribution in [3.8, 4) is 0 Å². The normalized spacial score (nSPS) is 11.5. The van der Waals surface area contributed by atoms with Gasteiger partial charge in [0.15, 0.2) is 0 Å². The molecule has 0 heterocycles. The molecular formula is C18H36N2O. The van der Waals surface area contributed by atoms with E-state index in [0.717, 1.165) is 39.1 Å². The van der Waals surface area contributed by atoms with E-state index in [1.165, 1.54) is 32.1 Å². The molecule has 0 spiro atoms. The first-order valence-corrected chi connectivity index (χ1v) is 8.87. The van der Waals surface area contributed by atoms with Gasteiger partial charge in [0, 0.05) is 19.6 Å². The van der Waals surface area contributed by atoms with Crippen LogP contribution in [-0.2, 0) is 4.79 Å². The van der Waals surface area contributed by atoms with Gasteiger partial charge in [-0.3, -0.25) is 4.79 Å². The fraction of sp³-hybridized carbons (Fsp3) is 0.833. The Morgan fingerprint density at radius 1 is 0.857 bits per heavy atom. The van der Waals surface area contributed by atoms with Crippen LogP contribution in [0.15, 0.2) is 12.2 Å². The highest BCUT2D eigenvalue weighted by atomic mass is 16.2. The summed E-state index contributed by atoms with van der Waals surface area (Å²) in [6.45, 7) is 13.3. The summed E-state index contributed by atoms with van der Waals surface area (Å²) in [7, 11) is 0. The van der Waals surface area contributed by atoms with E-state index in [1.807, 2.05) is 11.0 Å². The van der Waals surface area contributed by atoms with Crippen molar-refractivity contribution in [1.82, 2.24) is 9.80 Å².